The lowest BCUT2D eigenvalue weighted by molar-refractivity contribution is 0.0738. The lowest BCUT2D eigenvalue weighted by Crippen LogP contribution is -2.46. The smallest absolute Gasteiger partial charge is 0.256 e. The molecule has 1 aromatic carbocycles. The lowest BCUT2D eigenvalue weighted by Gasteiger charge is -2.27. The topological polar surface area (TPSA) is 48.1 Å². The van der Waals surface area contributed by atoms with Gasteiger partial charge in [0.15, 0.2) is 0 Å². The number of hydrogen-bond acceptors (Lipinski definition) is 2. The number of piperazine rings is 1. The highest BCUT2D eigenvalue weighted by Crippen LogP contribution is 2.20. The van der Waals surface area contributed by atoms with Crippen molar-refractivity contribution in [2.24, 2.45) is 0 Å². The number of carbonyl (C=O) groups is 1. The molecule has 0 aliphatic carbocycles. The van der Waals surface area contributed by atoms with E-state index in [-0.39, 0.29) is 11.7 Å². The molecule has 0 radical (unpaired) electrons. The number of H-pyrrole nitrogens is 1. The normalized spacial score (nSPS) is 16.2. The van der Waals surface area contributed by atoms with E-state index in [2.05, 4.69) is 10.3 Å². The van der Waals surface area contributed by atoms with Crippen LogP contribution in [-0.2, 0) is 0 Å². The zero-order valence-corrected chi connectivity index (χ0v) is 9.87. The van der Waals surface area contributed by atoms with Crippen LogP contribution < -0.4 is 5.32 Å². The van der Waals surface area contributed by atoms with Gasteiger partial charge in [0.2, 0.25) is 0 Å². The van der Waals surface area contributed by atoms with Gasteiger partial charge in [0.05, 0.1) is 5.56 Å². The summed E-state index contributed by atoms with van der Waals surface area (Å²) in [6.45, 7) is 3.07. The summed E-state index contributed by atoms with van der Waals surface area (Å²) in [7, 11) is 0. The van der Waals surface area contributed by atoms with E-state index in [0.29, 0.717) is 24.2 Å². The third kappa shape index (κ3) is 1.86. The molecule has 1 saturated heterocycles. The van der Waals surface area contributed by atoms with Crippen molar-refractivity contribution in [3.8, 4) is 0 Å². The second kappa shape index (κ2) is 4.42. The molecule has 2 aromatic rings. The van der Waals surface area contributed by atoms with Crippen LogP contribution in [0.3, 0.4) is 0 Å². The Morgan fingerprint density at radius 3 is 2.83 bits per heavy atom. The number of hydrogen-bond donors (Lipinski definition) is 2. The Kier molecular flexibility index (Phi) is 2.76. The second-order valence-corrected chi connectivity index (χ2v) is 4.43. The maximum absolute atomic E-state index is 13.1. The molecule has 3 rings (SSSR count). The summed E-state index contributed by atoms with van der Waals surface area (Å²) in [6.07, 6.45) is 1.66. The number of rotatable bonds is 1. The van der Waals surface area contributed by atoms with Gasteiger partial charge in [-0.05, 0) is 18.2 Å². The van der Waals surface area contributed by atoms with Crippen LogP contribution in [0, 0.1) is 5.82 Å². The predicted octanol–water partition coefficient (Wildman–Crippen LogP) is 1.35. The zero-order chi connectivity index (χ0) is 12.5. The summed E-state index contributed by atoms with van der Waals surface area (Å²) >= 11 is 0. The van der Waals surface area contributed by atoms with Gasteiger partial charge < -0.3 is 15.2 Å². The van der Waals surface area contributed by atoms with Crippen LogP contribution in [0.4, 0.5) is 4.39 Å². The largest absolute Gasteiger partial charge is 0.360 e. The van der Waals surface area contributed by atoms with Crippen molar-refractivity contribution in [2.45, 2.75) is 0 Å². The van der Waals surface area contributed by atoms with Gasteiger partial charge in [-0.25, -0.2) is 4.39 Å². The van der Waals surface area contributed by atoms with Crippen LogP contribution >= 0.6 is 0 Å². The second-order valence-electron chi connectivity index (χ2n) is 4.43. The Morgan fingerprint density at radius 2 is 2.06 bits per heavy atom. The van der Waals surface area contributed by atoms with E-state index < -0.39 is 0 Å². The van der Waals surface area contributed by atoms with Crippen molar-refractivity contribution in [1.82, 2.24) is 15.2 Å². The fourth-order valence-corrected chi connectivity index (χ4v) is 2.31. The average molecular weight is 247 g/mol. The molecule has 1 aromatic heterocycles. The highest BCUT2D eigenvalue weighted by atomic mass is 19.1. The van der Waals surface area contributed by atoms with E-state index in [1.54, 1.807) is 12.3 Å². The van der Waals surface area contributed by atoms with Crippen molar-refractivity contribution >= 4 is 16.8 Å². The van der Waals surface area contributed by atoms with Crippen molar-refractivity contribution in [2.75, 3.05) is 26.2 Å². The summed E-state index contributed by atoms with van der Waals surface area (Å²) in [5.74, 6) is -0.292. The van der Waals surface area contributed by atoms with Crippen LogP contribution in [-0.4, -0.2) is 42.0 Å². The van der Waals surface area contributed by atoms with Gasteiger partial charge in [-0.1, -0.05) is 0 Å². The standard InChI is InChI=1S/C13H14FN3O/c14-9-1-2-10-11(8-16-12(10)7-9)13(18)17-5-3-15-4-6-17/h1-2,7-8,15-16H,3-6H2. The molecule has 0 bridgehead atoms. The minimum atomic E-state index is -0.300. The summed E-state index contributed by atoms with van der Waals surface area (Å²) in [5.41, 5.74) is 1.28. The number of nitrogens with zero attached hydrogens (tertiary/aromatic N) is 1. The minimum Gasteiger partial charge on any atom is -0.360 e. The van der Waals surface area contributed by atoms with Crippen molar-refractivity contribution < 1.29 is 9.18 Å². The van der Waals surface area contributed by atoms with E-state index in [1.165, 1.54) is 12.1 Å². The molecular weight excluding hydrogens is 233 g/mol. The molecule has 1 fully saturated rings. The SMILES string of the molecule is O=C(c1c[nH]c2cc(F)ccc12)N1CCNCC1. The molecule has 5 heteroatoms. The highest BCUT2D eigenvalue weighted by molar-refractivity contribution is 6.06. The van der Waals surface area contributed by atoms with Crippen molar-refractivity contribution in [3.63, 3.8) is 0 Å². The fraction of sp³-hybridized carbons (Fsp3) is 0.308. The molecule has 2 N–H and O–H groups in total. The number of benzene rings is 1. The average Bonchev–Trinajstić information content (AvgIpc) is 2.81. The first-order valence-corrected chi connectivity index (χ1v) is 6.02. The molecular formula is C13H14FN3O. The summed E-state index contributed by atoms with van der Waals surface area (Å²) in [5, 5.41) is 3.99. The van der Waals surface area contributed by atoms with E-state index in [1.807, 2.05) is 4.90 Å². The van der Waals surface area contributed by atoms with Gasteiger partial charge in [0.1, 0.15) is 5.82 Å². The van der Waals surface area contributed by atoms with Gasteiger partial charge >= 0.3 is 0 Å². The maximum Gasteiger partial charge on any atom is 0.256 e. The molecule has 4 nitrogen and oxygen atoms in total. The Morgan fingerprint density at radius 1 is 1.28 bits per heavy atom. The lowest BCUT2D eigenvalue weighted by atomic mass is 10.1. The fourth-order valence-electron chi connectivity index (χ4n) is 2.31. The van der Waals surface area contributed by atoms with Crippen LogP contribution in [0.25, 0.3) is 10.9 Å². The molecule has 0 unspecified atom stereocenters. The number of nitrogens with one attached hydrogen (secondary N) is 2. The number of aromatic nitrogens is 1. The van der Waals surface area contributed by atoms with E-state index >= 15 is 0 Å². The Balaban J connectivity index is 1.96. The number of carbonyl (C=O) groups excluding carboxylic acids is 1. The van der Waals surface area contributed by atoms with Gasteiger partial charge in [-0.15, -0.1) is 0 Å². The molecule has 94 valence electrons. The first-order valence-electron chi connectivity index (χ1n) is 6.02. The quantitative estimate of drug-likeness (QED) is 0.799. The number of aromatic amines is 1. The third-order valence-corrected chi connectivity index (χ3v) is 3.28. The first kappa shape index (κ1) is 11.2. The van der Waals surface area contributed by atoms with Gasteiger partial charge in [0, 0.05) is 43.3 Å². The zero-order valence-electron chi connectivity index (χ0n) is 9.87. The number of halogens is 1. The third-order valence-electron chi connectivity index (χ3n) is 3.28. The van der Waals surface area contributed by atoms with Gasteiger partial charge in [-0.2, -0.15) is 0 Å². The number of fused-ring (bicyclic) bond motifs is 1. The summed E-state index contributed by atoms with van der Waals surface area (Å²) in [6, 6.07) is 4.44. The molecule has 2 heterocycles. The predicted molar refractivity (Wildman–Crippen MR) is 67.0 cm³/mol. The van der Waals surface area contributed by atoms with Crippen LogP contribution in [0.15, 0.2) is 24.4 Å². The minimum absolute atomic E-state index is 0.00866. The van der Waals surface area contributed by atoms with Crippen LogP contribution in [0.5, 0.6) is 0 Å². The number of amides is 1. The molecule has 1 aliphatic rings. The van der Waals surface area contributed by atoms with E-state index in [9.17, 15) is 9.18 Å². The maximum atomic E-state index is 13.1. The van der Waals surface area contributed by atoms with Crippen molar-refractivity contribution in [3.05, 3.63) is 35.8 Å². The molecule has 1 aliphatic heterocycles. The molecule has 0 saturated carbocycles. The Labute approximate surface area is 104 Å². The molecule has 0 atom stereocenters. The summed E-state index contributed by atoms with van der Waals surface area (Å²) in [4.78, 5) is 17.1. The Hall–Kier alpha value is -1.88. The van der Waals surface area contributed by atoms with E-state index in [0.717, 1.165) is 18.5 Å². The van der Waals surface area contributed by atoms with Crippen LogP contribution in [0.2, 0.25) is 0 Å². The highest BCUT2D eigenvalue weighted by Gasteiger charge is 2.20. The molecule has 18 heavy (non-hydrogen) atoms. The first-order chi connectivity index (χ1) is 8.75. The van der Waals surface area contributed by atoms with Crippen molar-refractivity contribution in [1.29, 1.82) is 0 Å². The Bertz CT molecular complexity index is 587. The van der Waals surface area contributed by atoms with Crippen LogP contribution in [0.1, 0.15) is 10.4 Å². The molecule has 0 spiro atoms. The van der Waals surface area contributed by atoms with Gasteiger partial charge in [0.25, 0.3) is 5.91 Å². The van der Waals surface area contributed by atoms with Gasteiger partial charge in [-0.3, -0.25) is 4.79 Å². The molecule has 1 amide bonds. The summed E-state index contributed by atoms with van der Waals surface area (Å²) < 4.78 is 13.1. The van der Waals surface area contributed by atoms with E-state index in [4.69, 9.17) is 0 Å². The monoisotopic (exact) mass is 247 g/mol.